The van der Waals surface area contributed by atoms with E-state index in [1.807, 2.05) is 30.3 Å². The van der Waals surface area contributed by atoms with Gasteiger partial charge in [-0.05, 0) is 69.3 Å². The molecule has 6 fully saturated rings. The van der Waals surface area contributed by atoms with Crippen LogP contribution in [-0.2, 0) is 25.3 Å². The van der Waals surface area contributed by atoms with E-state index in [1.165, 1.54) is 0 Å². The molecular weight excluding hydrogens is 593 g/mol. The van der Waals surface area contributed by atoms with Gasteiger partial charge in [-0.3, -0.25) is 9.69 Å². The Morgan fingerprint density at radius 1 is 1.22 bits per heavy atom. The highest BCUT2D eigenvalue weighted by atomic mass is 19.3. The van der Waals surface area contributed by atoms with Gasteiger partial charge in [-0.15, -0.1) is 0 Å². The molecule has 3 saturated heterocycles. The lowest BCUT2D eigenvalue weighted by Crippen LogP contribution is -2.63. The number of nitrogens with one attached hydrogen (secondary N) is 1. The molecule has 3 saturated carbocycles. The van der Waals surface area contributed by atoms with E-state index in [-0.39, 0.29) is 49.9 Å². The first kappa shape index (κ1) is 33.2. The zero-order chi connectivity index (χ0) is 33.1. The second-order valence-corrected chi connectivity index (χ2v) is 15.7. The number of amides is 2. The summed E-state index contributed by atoms with van der Waals surface area (Å²) in [5, 5.41) is 12.9. The first-order valence-electron chi connectivity index (χ1n) is 16.8. The van der Waals surface area contributed by atoms with Crippen LogP contribution in [0.1, 0.15) is 72.3 Å². The number of benzene rings is 1. The van der Waals surface area contributed by atoms with E-state index in [4.69, 9.17) is 14.0 Å². The number of carbonyl (C=O) groups excluding carboxylic acids is 2. The average Bonchev–Trinajstić information content (AvgIpc) is 3.71. The van der Waals surface area contributed by atoms with Crippen molar-refractivity contribution in [3.63, 3.8) is 0 Å². The Labute approximate surface area is 271 Å². The third kappa shape index (κ3) is 6.39. The predicted molar refractivity (Wildman–Crippen MR) is 168 cm³/mol. The molecule has 6 aliphatic rings. The standard InChI is InChI=1S/C34H47BF2N4O5/c1-31(2,41-14-12-34(36,37)21-41)17-23(19-38)29(42)40-13-11-25(20-40)44-30(43)39-27(15-22-9-7-6-8-10-22)35-45-28-26-16-24(32(26,3)4)18-33(28,5)46-35/h6-10,23-28H,11-18,20-21H2,1-5H3,(H,39,43)/t23?,24-,25-,26+,27-,28-,33+/m0/s1. The highest BCUT2D eigenvalue weighted by Crippen LogP contribution is 2.64. The molecule has 1 aromatic carbocycles. The van der Waals surface area contributed by atoms with Gasteiger partial charge in [-0.25, -0.2) is 13.6 Å². The Hall–Kier alpha value is -2.75. The minimum absolute atomic E-state index is 0.0389. The molecule has 9 nitrogen and oxygen atoms in total. The van der Waals surface area contributed by atoms with Gasteiger partial charge < -0.3 is 24.3 Å². The molecule has 46 heavy (non-hydrogen) atoms. The Bertz CT molecular complexity index is 1360. The average molecular weight is 641 g/mol. The largest absolute Gasteiger partial charge is 0.482 e. The molecule has 1 unspecified atom stereocenters. The van der Waals surface area contributed by atoms with Gasteiger partial charge in [0.25, 0.3) is 5.92 Å². The summed E-state index contributed by atoms with van der Waals surface area (Å²) in [6.07, 6.45) is 1.74. The lowest BCUT2D eigenvalue weighted by Gasteiger charge is -2.63. The van der Waals surface area contributed by atoms with E-state index in [0.717, 1.165) is 18.4 Å². The van der Waals surface area contributed by atoms with Crippen molar-refractivity contribution in [2.75, 3.05) is 26.2 Å². The van der Waals surface area contributed by atoms with Crippen LogP contribution in [0, 0.1) is 34.5 Å². The van der Waals surface area contributed by atoms with Crippen molar-refractivity contribution < 1.29 is 32.4 Å². The minimum atomic E-state index is -2.76. The summed E-state index contributed by atoms with van der Waals surface area (Å²) in [7, 11) is -0.630. The number of rotatable bonds is 9. The number of alkyl carbamates (subject to hydrolysis) is 1. The van der Waals surface area contributed by atoms with Crippen molar-refractivity contribution in [1.82, 2.24) is 15.1 Å². The van der Waals surface area contributed by atoms with Gasteiger partial charge >= 0.3 is 13.2 Å². The molecule has 2 bridgehead atoms. The molecule has 7 rings (SSSR count). The number of halogens is 2. The van der Waals surface area contributed by atoms with E-state index in [9.17, 15) is 23.6 Å². The summed E-state index contributed by atoms with van der Waals surface area (Å²) < 4.78 is 46.8. The maximum absolute atomic E-state index is 13.9. The van der Waals surface area contributed by atoms with Gasteiger partial charge in [0.2, 0.25) is 5.91 Å². The fraction of sp³-hybridized carbons (Fsp3) is 0.735. The number of carbonyl (C=O) groups is 2. The topological polar surface area (TPSA) is 104 Å². The number of ether oxygens (including phenoxy) is 1. The summed E-state index contributed by atoms with van der Waals surface area (Å²) in [4.78, 5) is 29.9. The van der Waals surface area contributed by atoms with Gasteiger partial charge in [0.05, 0.1) is 36.8 Å². The quantitative estimate of drug-likeness (QED) is 0.386. The summed E-state index contributed by atoms with van der Waals surface area (Å²) in [5.41, 5.74) is 0.0974. The monoisotopic (exact) mass is 640 g/mol. The fourth-order valence-corrected chi connectivity index (χ4v) is 8.65. The number of hydrogen-bond donors (Lipinski definition) is 1. The van der Waals surface area contributed by atoms with Crippen LogP contribution in [0.4, 0.5) is 13.6 Å². The van der Waals surface area contributed by atoms with Gasteiger partial charge in [0, 0.05) is 31.5 Å². The number of alkyl halides is 2. The van der Waals surface area contributed by atoms with Crippen molar-refractivity contribution in [2.45, 2.75) is 108 Å². The highest BCUT2D eigenvalue weighted by Gasteiger charge is 2.67. The minimum Gasteiger partial charge on any atom is -0.444 e. The molecule has 7 atom stereocenters. The van der Waals surface area contributed by atoms with Crippen LogP contribution in [0.5, 0.6) is 0 Å². The first-order valence-corrected chi connectivity index (χ1v) is 16.8. The molecule has 0 aromatic heterocycles. The number of nitrogens with zero attached hydrogens (tertiary/aromatic N) is 3. The molecule has 0 radical (unpaired) electrons. The van der Waals surface area contributed by atoms with Crippen molar-refractivity contribution >= 4 is 19.1 Å². The molecular formula is C34H47BF2N4O5. The van der Waals surface area contributed by atoms with E-state index in [1.54, 1.807) is 23.6 Å². The van der Waals surface area contributed by atoms with Gasteiger partial charge in [-0.2, -0.15) is 5.26 Å². The molecule has 1 aromatic rings. The molecule has 3 aliphatic heterocycles. The zero-order valence-corrected chi connectivity index (χ0v) is 27.6. The SMILES string of the molecule is CC1(C)[C@H]2C[C@@H]1[C@@H]1OB([C@H](Cc3ccccc3)NC(=O)O[C@H]3CCN(C(=O)C(C#N)CC(C)(C)N4CCC(F)(F)C4)C3)O[C@]1(C)C2. The first-order chi connectivity index (χ1) is 21.6. The second kappa shape index (κ2) is 12.0. The third-order valence-electron chi connectivity index (χ3n) is 11.7. The predicted octanol–water partition coefficient (Wildman–Crippen LogP) is 4.84. The third-order valence-corrected chi connectivity index (χ3v) is 11.7. The van der Waals surface area contributed by atoms with E-state index < -0.39 is 48.2 Å². The maximum atomic E-state index is 13.9. The highest BCUT2D eigenvalue weighted by molar-refractivity contribution is 6.47. The number of nitriles is 1. The molecule has 3 heterocycles. The van der Waals surface area contributed by atoms with Crippen LogP contribution in [0.2, 0.25) is 0 Å². The van der Waals surface area contributed by atoms with Gasteiger partial charge in [0.1, 0.15) is 12.0 Å². The lowest BCUT2D eigenvalue weighted by molar-refractivity contribution is -0.185. The smallest absolute Gasteiger partial charge is 0.444 e. The van der Waals surface area contributed by atoms with Crippen molar-refractivity contribution in [1.29, 1.82) is 5.26 Å². The second-order valence-electron chi connectivity index (χ2n) is 15.7. The molecule has 3 aliphatic carbocycles. The van der Waals surface area contributed by atoms with Gasteiger partial charge in [0.15, 0.2) is 0 Å². The van der Waals surface area contributed by atoms with E-state index in [2.05, 4.69) is 32.2 Å². The summed E-state index contributed by atoms with van der Waals surface area (Å²) in [5.74, 6) is -3.58. The van der Waals surface area contributed by atoms with Crippen LogP contribution < -0.4 is 5.32 Å². The zero-order valence-electron chi connectivity index (χ0n) is 27.6. The maximum Gasteiger partial charge on any atom is 0.482 e. The molecule has 0 spiro atoms. The van der Waals surface area contributed by atoms with Crippen LogP contribution in [-0.4, -0.2) is 90.3 Å². The number of hydrogen-bond acceptors (Lipinski definition) is 7. The Morgan fingerprint density at radius 3 is 2.61 bits per heavy atom. The van der Waals surface area contributed by atoms with Crippen molar-refractivity contribution in [3.8, 4) is 6.07 Å². The number of likely N-dealkylation sites (tertiary alicyclic amines) is 2. The summed E-state index contributed by atoms with van der Waals surface area (Å²) >= 11 is 0. The Morgan fingerprint density at radius 2 is 1.96 bits per heavy atom. The van der Waals surface area contributed by atoms with Crippen LogP contribution in [0.3, 0.4) is 0 Å². The Balaban J connectivity index is 1.06. The van der Waals surface area contributed by atoms with Crippen LogP contribution in [0.25, 0.3) is 0 Å². The van der Waals surface area contributed by atoms with Crippen LogP contribution >= 0.6 is 0 Å². The Kier molecular flexibility index (Phi) is 8.69. The molecule has 250 valence electrons. The van der Waals surface area contributed by atoms with Crippen molar-refractivity contribution in [2.24, 2.45) is 23.2 Å². The molecule has 1 N–H and O–H groups in total. The lowest BCUT2D eigenvalue weighted by atomic mass is 9.45. The molecule has 12 heteroatoms. The molecule has 2 amide bonds. The van der Waals surface area contributed by atoms with E-state index in [0.29, 0.717) is 31.2 Å². The normalized spacial score (nSPS) is 32.7. The fourth-order valence-electron chi connectivity index (χ4n) is 8.65. The van der Waals surface area contributed by atoms with Crippen molar-refractivity contribution in [3.05, 3.63) is 35.9 Å². The van der Waals surface area contributed by atoms with Gasteiger partial charge in [-0.1, -0.05) is 44.2 Å². The van der Waals surface area contributed by atoms with E-state index >= 15 is 0 Å². The summed E-state index contributed by atoms with van der Waals surface area (Å²) in [6.45, 7) is 10.7. The van der Waals surface area contributed by atoms with Crippen LogP contribution in [0.15, 0.2) is 30.3 Å². The summed E-state index contributed by atoms with van der Waals surface area (Å²) in [6, 6.07) is 12.0.